The molecule has 2 N–H and O–H groups in total. The van der Waals surface area contributed by atoms with Crippen LogP contribution in [0, 0.1) is 0 Å². The highest BCUT2D eigenvalue weighted by Crippen LogP contribution is 2.25. The topological polar surface area (TPSA) is 113 Å². The second kappa shape index (κ2) is 7.41. The summed E-state index contributed by atoms with van der Waals surface area (Å²) in [6, 6.07) is 4.71. The number of imide groups is 1. The second-order valence-electron chi connectivity index (χ2n) is 5.03. The third-order valence-corrected chi connectivity index (χ3v) is 5.28. The number of nitrogens with one attached hydrogen (secondary N) is 2. The van der Waals surface area contributed by atoms with Crippen LogP contribution < -0.4 is 10.0 Å². The molecule has 0 unspecified atom stereocenters. The van der Waals surface area contributed by atoms with Crippen LogP contribution in [0.1, 0.15) is 27.6 Å². The molecular formula is C14H16BrN3O5S. The average molecular weight is 418 g/mol. The summed E-state index contributed by atoms with van der Waals surface area (Å²) in [4.78, 5) is 37.1. The molecule has 2 rings (SSSR count). The molecule has 0 fully saturated rings. The van der Waals surface area contributed by atoms with Crippen molar-refractivity contribution in [2.24, 2.45) is 0 Å². The predicted octanol–water partition coefficient (Wildman–Crippen LogP) is 0.101. The van der Waals surface area contributed by atoms with Gasteiger partial charge in [0.15, 0.2) is 0 Å². The SMILES string of the molecule is CCS(=O)(=O)NCCNC(=O)CN1C(=O)c2ccc(Br)cc2C1=O. The third kappa shape index (κ3) is 4.19. The number of carbonyl (C=O) groups excluding carboxylic acids is 3. The first kappa shape index (κ1) is 18.6. The second-order valence-corrected chi connectivity index (χ2v) is 8.05. The van der Waals surface area contributed by atoms with Crippen molar-refractivity contribution in [1.82, 2.24) is 14.9 Å². The Balaban J connectivity index is 1.89. The van der Waals surface area contributed by atoms with E-state index in [1.807, 2.05) is 0 Å². The number of amides is 3. The Morgan fingerprint density at radius 3 is 2.50 bits per heavy atom. The van der Waals surface area contributed by atoms with E-state index in [0.29, 0.717) is 4.47 Å². The number of hydrogen-bond acceptors (Lipinski definition) is 5. The Bertz CT molecular complexity index is 794. The molecule has 24 heavy (non-hydrogen) atoms. The number of fused-ring (bicyclic) bond motifs is 1. The lowest BCUT2D eigenvalue weighted by atomic mass is 10.1. The first-order valence-electron chi connectivity index (χ1n) is 7.15. The van der Waals surface area contributed by atoms with E-state index in [-0.39, 0.29) is 30.0 Å². The van der Waals surface area contributed by atoms with Gasteiger partial charge >= 0.3 is 0 Å². The summed E-state index contributed by atoms with van der Waals surface area (Å²) in [6.07, 6.45) is 0. The van der Waals surface area contributed by atoms with E-state index in [1.54, 1.807) is 6.07 Å². The molecule has 1 aromatic carbocycles. The van der Waals surface area contributed by atoms with E-state index in [2.05, 4.69) is 26.0 Å². The summed E-state index contributed by atoms with van der Waals surface area (Å²) in [7, 11) is -3.32. The van der Waals surface area contributed by atoms with Gasteiger partial charge in [0.25, 0.3) is 11.8 Å². The van der Waals surface area contributed by atoms with Gasteiger partial charge in [0.1, 0.15) is 6.54 Å². The number of hydrogen-bond donors (Lipinski definition) is 2. The number of nitrogens with zero attached hydrogens (tertiary/aromatic N) is 1. The van der Waals surface area contributed by atoms with E-state index in [1.165, 1.54) is 19.1 Å². The largest absolute Gasteiger partial charge is 0.353 e. The molecule has 0 aromatic heterocycles. The van der Waals surface area contributed by atoms with Crippen molar-refractivity contribution in [3.63, 3.8) is 0 Å². The van der Waals surface area contributed by atoms with Gasteiger partial charge < -0.3 is 5.32 Å². The Labute approximate surface area is 147 Å². The van der Waals surface area contributed by atoms with Crippen LogP contribution in [0.5, 0.6) is 0 Å². The summed E-state index contributed by atoms with van der Waals surface area (Å²) in [5.74, 6) is -1.65. The molecule has 1 aliphatic rings. The van der Waals surface area contributed by atoms with Crippen molar-refractivity contribution in [2.45, 2.75) is 6.92 Å². The number of benzene rings is 1. The minimum Gasteiger partial charge on any atom is -0.353 e. The highest BCUT2D eigenvalue weighted by atomic mass is 79.9. The van der Waals surface area contributed by atoms with Crippen LogP contribution in [-0.4, -0.2) is 56.4 Å². The molecule has 130 valence electrons. The van der Waals surface area contributed by atoms with Crippen LogP contribution >= 0.6 is 15.9 Å². The van der Waals surface area contributed by atoms with Crippen LogP contribution in [0.3, 0.4) is 0 Å². The van der Waals surface area contributed by atoms with Gasteiger partial charge in [0.05, 0.1) is 16.9 Å². The molecule has 0 bridgehead atoms. The van der Waals surface area contributed by atoms with Gasteiger partial charge in [-0.15, -0.1) is 0 Å². The predicted molar refractivity (Wildman–Crippen MR) is 90.0 cm³/mol. The van der Waals surface area contributed by atoms with Crippen LogP contribution in [0.2, 0.25) is 0 Å². The minimum absolute atomic E-state index is 0.0387. The van der Waals surface area contributed by atoms with E-state index >= 15 is 0 Å². The zero-order chi connectivity index (χ0) is 17.9. The molecule has 1 aliphatic heterocycles. The maximum atomic E-state index is 12.2. The highest BCUT2D eigenvalue weighted by molar-refractivity contribution is 9.10. The van der Waals surface area contributed by atoms with Gasteiger partial charge in [-0.05, 0) is 25.1 Å². The van der Waals surface area contributed by atoms with E-state index in [9.17, 15) is 22.8 Å². The summed E-state index contributed by atoms with van der Waals surface area (Å²) in [6.45, 7) is 1.19. The lowest BCUT2D eigenvalue weighted by molar-refractivity contribution is -0.121. The number of rotatable bonds is 7. The Morgan fingerprint density at radius 2 is 1.83 bits per heavy atom. The van der Waals surface area contributed by atoms with Crippen molar-refractivity contribution in [3.8, 4) is 0 Å². The minimum atomic E-state index is -3.32. The number of halogens is 1. The van der Waals surface area contributed by atoms with Gasteiger partial charge in [-0.2, -0.15) is 0 Å². The van der Waals surface area contributed by atoms with Crippen molar-refractivity contribution in [2.75, 3.05) is 25.4 Å². The molecule has 10 heteroatoms. The van der Waals surface area contributed by atoms with Gasteiger partial charge in [0.2, 0.25) is 15.9 Å². The zero-order valence-electron chi connectivity index (χ0n) is 12.8. The van der Waals surface area contributed by atoms with Gasteiger partial charge in [0, 0.05) is 17.6 Å². The Kier molecular flexibility index (Phi) is 5.73. The fourth-order valence-electron chi connectivity index (χ4n) is 2.12. The molecule has 1 heterocycles. The van der Waals surface area contributed by atoms with Crippen LogP contribution in [0.25, 0.3) is 0 Å². The quantitative estimate of drug-likeness (QED) is 0.482. The van der Waals surface area contributed by atoms with Gasteiger partial charge in [-0.3, -0.25) is 19.3 Å². The van der Waals surface area contributed by atoms with Crippen molar-refractivity contribution >= 4 is 43.7 Å². The molecule has 0 spiro atoms. The first-order chi connectivity index (χ1) is 11.2. The summed E-state index contributed by atoms with van der Waals surface area (Å²) in [5, 5.41) is 2.46. The maximum absolute atomic E-state index is 12.2. The molecule has 0 saturated carbocycles. The van der Waals surface area contributed by atoms with Crippen LogP contribution in [-0.2, 0) is 14.8 Å². The van der Waals surface area contributed by atoms with E-state index in [4.69, 9.17) is 0 Å². The molecule has 3 amide bonds. The molecule has 8 nitrogen and oxygen atoms in total. The molecular weight excluding hydrogens is 402 g/mol. The number of carbonyl (C=O) groups is 3. The normalized spacial score (nSPS) is 14.0. The number of sulfonamides is 1. The Morgan fingerprint density at radius 1 is 1.17 bits per heavy atom. The average Bonchev–Trinajstić information content (AvgIpc) is 2.76. The van der Waals surface area contributed by atoms with Crippen molar-refractivity contribution in [1.29, 1.82) is 0 Å². The van der Waals surface area contributed by atoms with Gasteiger partial charge in [-0.1, -0.05) is 15.9 Å². The lowest BCUT2D eigenvalue weighted by Crippen LogP contribution is -2.42. The molecule has 0 atom stereocenters. The molecule has 0 radical (unpaired) electrons. The van der Waals surface area contributed by atoms with E-state index in [0.717, 1.165) is 4.90 Å². The van der Waals surface area contributed by atoms with Crippen LogP contribution in [0.15, 0.2) is 22.7 Å². The summed E-state index contributed by atoms with van der Waals surface area (Å²) < 4.78 is 25.4. The van der Waals surface area contributed by atoms with E-state index < -0.39 is 34.3 Å². The standard InChI is InChI=1S/C14H16BrN3O5S/c1-2-24(22,23)17-6-5-16-12(19)8-18-13(20)10-4-3-9(15)7-11(10)14(18)21/h3-4,7,17H,2,5-6,8H2,1H3,(H,16,19). The van der Waals surface area contributed by atoms with Crippen molar-refractivity contribution < 1.29 is 22.8 Å². The molecule has 0 saturated heterocycles. The molecule has 0 aliphatic carbocycles. The summed E-state index contributed by atoms with van der Waals surface area (Å²) >= 11 is 3.23. The smallest absolute Gasteiger partial charge is 0.262 e. The lowest BCUT2D eigenvalue weighted by Gasteiger charge is -2.13. The Hall–Kier alpha value is -1.78. The first-order valence-corrected chi connectivity index (χ1v) is 9.59. The monoisotopic (exact) mass is 417 g/mol. The van der Waals surface area contributed by atoms with Crippen molar-refractivity contribution in [3.05, 3.63) is 33.8 Å². The third-order valence-electron chi connectivity index (χ3n) is 3.38. The highest BCUT2D eigenvalue weighted by Gasteiger charge is 2.36. The maximum Gasteiger partial charge on any atom is 0.262 e. The fourth-order valence-corrected chi connectivity index (χ4v) is 3.09. The fraction of sp³-hybridized carbons (Fsp3) is 0.357. The van der Waals surface area contributed by atoms with Crippen LogP contribution in [0.4, 0.5) is 0 Å². The molecule has 1 aromatic rings. The summed E-state index contributed by atoms with van der Waals surface area (Å²) in [5.41, 5.74) is 0.504. The van der Waals surface area contributed by atoms with Gasteiger partial charge in [-0.25, -0.2) is 13.1 Å². The zero-order valence-corrected chi connectivity index (χ0v) is 15.2.